The quantitative estimate of drug-likeness (QED) is 0.574. The zero-order valence-electron chi connectivity index (χ0n) is 10.9. The van der Waals surface area contributed by atoms with E-state index >= 15 is 0 Å². The van der Waals surface area contributed by atoms with E-state index in [1.165, 1.54) is 19.3 Å². The van der Waals surface area contributed by atoms with Crippen molar-refractivity contribution in [1.29, 1.82) is 0 Å². The fraction of sp³-hybridized carbons (Fsp3) is 0.846. The first-order valence-electron chi connectivity index (χ1n) is 6.20. The van der Waals surface area contributed by atoms with Gasteiger partial charge in [-0.3, -0.25) is 0 Å². The van der Waals surface area contributed by atoms with E-state index in [0.29, 0.717) is 12.0 Å². The van der Waals surface area contributed by atoms with Gasteiger partial charge in [0, 0.05) is 18.3 Å². The molecular weight excluding hydrogens is 184 g/mol. The monoisotopic (exact) mass is 212 g/mol. The molecule has 0 aliphatic heterocycles. The van der Waals surface area contributed by atoms with Gasteiger partial charge in [-0.25, -0.2) is 0 Å². The molecule has 0 fully saturated rings. The van der Waals surface area contributed by atoms with Crippen molar-refractivity contribution in [3.63, 3.8) is 0 Å². The van der Waals surface area contributed by atoms with Crippen LogP contribution in [0, 0.1) is 5.92 Å². The Morgan fingerprint density at radius 1 is 1.00 bits per heavy atom. The molecule has 0 radical (unpaired) electrons. The third-order valence-corrected chi connectivity index (χ3v) is 2.46. The summed E-state index contributed by atoms with van der Waals surface area (Å²) in [6, 6.07) is 0.615. The molecule has 0 spiro atoms. The Labute approximate surface area is 95.5 Å². The average Bonchev–Trinajstić information content (AvgIpc) is 2.15. The van der Waals surface area contributed by atoms with Gasteiger partial charge in [0.15, 0.2) is 0 Å². The molecule has 0 aromatic carbocycles. The molecule has 2 nitrogen and oxygen atoms in total. The van der Waals surface area contributed by atoms with Crippen molar-refractivity contribution in [2.24, 2.45) is 5.92 Å². The predicted octanol–water partition coefficient (Wildman–Crippen LogP) is 2.91. The molecule has 0 unspecified atom stereocenters. The normalized spacial score (nSPS) is 11.1. The second kappa shape index (κ2) is 8.78. The first-order valence-corrected chi connectivity index (χ1v) is 6.20. The highest BCUT2D eigenvalue weighted by Gasteiger charge is 1.98. The Morgan fingerprint density at radius 3 is 2.13 bits per heavy atom. The van der Waals surface area contributed by atoms with Gasteiger partial charge < -0.3 is 10.6 Å². The lowest BCUT2D eigenvalue weighted by molar-refractivity contribution is 0.539. The van der Waals surface area contributed by atoms with Crippen LogP contribution in [0.4, 0.5) is 0 Å². The Balaban J connectivity index is 3.15. The minimum atomic E-state index is 0.549. The Morgan fingerprint density at radius 2 is 1.60 bits per heavy atom. The van der Waals surface area contributed by atoms with Crippen molar-refractivity contribution in [1.82, 2.24) is 10.6 Å². The SMILES string of the molecule is C=C(NCCCCCNC(C)C)C(C)C. The molecule has 2 heteroatoms. The van der Waals surface area contributed by atoms with Crippen LogP contribution in [0.3, 0.4) is 0 Å². The molecule has 15 heavy (non-hydrogen) atoms. The van der Waals surface area contributed by atoms with Crippen LogP contribution in [0.25, 0.3) is 0 Å². The molecule has 0 aromatic rings. The van der Waals surface area contributed by atoms with Crippen molar-refractivity contribution in [3.8, 4) is 0 Å². The second-order valence-corrected chi connectivity index (χ2v) is 4.78. The molecule has 0 rings (SSSR count). The third-order valence-electron chi connectivity index (χ3n) is 2.46. The fourth-order valence-corrected chi connectivity index (χ4v) is 1.27. The Kier molecular flexibility index (Phi) is 8.49. The summed E-state index contributed by atoms with van der Waals surface area (Å²) in [5, 5.41) is 6.79. The molecule has 0 heterocycles. The van der Waals surface area contributed by atoms with E-state index in [0.717, 1.165) is 18.8 Å². The first-order chi connectivity index (χ1) is 7.04. The highest BCUT2D eigenvalue weighted by atomic mass is 14.9. The van der Waals surface area contributed by atoms with Gasteiger partial charge in [-0.1, -0.05) is 40.7 Å². The topological polar surface area (TPSA) is 24.1 Å². The third kappa shape index (κ3) is 9.80. The van der Waals surface area contributed by atoms with E-state index in [2.05, 4.69) is 44.9 Å². The zero-order valence-corrected chi connectivity index (χ0v) is 10.9. The lowest BCUT2D eigenvalue weighted by atomic mass is 10.1. The highest BCUT2D eigenvalue weighted by Crippen LogP contribution is 2.02. The standard InChI is InChI=1S/C13H28N2/c1-11(2)13(5)15-10-8-6-7-9-14-12(3)4/h11-12,14-15H,5-10H2,1-4H3. The number of unbranched alkanes of at least 4 members (excludes halogenated alkanes) is 2. The summed E-state index contributed by atoms with van der Waals surface area (Å²) in [4.78, 5) is 0. The molecular formula is C13H28N2. The maximum atomic E-state index is 3.99. The minimum absolute atomic E-state index is 0.549. The van der Waals surface area contributed by atoms with Crippen molar-refractivity contribution in [3.05, 3.63) is 12.3 Å². The Hall–Kier alpha value is -0.500. The highest BCUT2D eigenvalue weighted by molar-refractivity contribution is 4.93. The van der Waals surface area contributed by atoms with Crippen molar-refractivity contribution >= 4 is 0 Å². The Bertz CT molecular complexity index is 162. The van der Waals surface area contributed by atoms with Crippen LogP contribution in [0.1, 0.15) is 47.0 Å². The first kappa shape index (κ1) is 14.5. The van der Waals surface area contributed by atoms with Crippen LogP contribution < -0.4 is 10.6 Å². The minimum Gasteiger partial charge on any atom is -0.389 e. The maximum absolute atomic E-state index is 3.99. The van der Waals surface area contributed by atoms with Gasteiger partial charge in [-0.15, -0.1) is 0 Å². The molecule has 0 aliphatic rings. The number of rotatable bonds is 9. The summed E-state index contributed by atoms with van der Waals surface area (Å²) in [5.74, 6) is 0.549. The van der Waals surface area contributed by atoms with Crippen LogP contribution >= 0.6 is 0 Å². The number of nitrogens with one attached hydrogen (secondary N) is 2. The lowest BCUT2D eigenvalue weighted by Crippen LogP contribution is -2.24. The largest absolute Gasteiger partial charge is 0.389 e. The van der Waals surface area contributed by atoms with Crippen molar-refractivity contribution < 1.29 is 0 Å². The van der Waals surface area contributed by atoms with E-state index < -0.39 is 0 Å². The molecule has 0 bridgehead atoms. The van der Waals surface area contributed by atoms with E-state index in [-0.39, 0.29) is 0 Å². The molecule has 90 valence electrons. The molecule has 0 atom stereocenters. The van der Waals surface area contributed by atoms with Gasteiger partial charge in [-0.05, 0) is 25.3 Å². The van der Waals surface area contributed by atoms with Gasteiger partial charge in [-0.2, -0.15) is 0 Å². The van der Waals surface area contributed by atoms with Crippen LogP contribution in [-0.2, 0) is 0 Å². The van der Waals surface area contributed by atoms with Crippen molar-refractivity contribution in [2.45, 2.75) is 53.0 Å². The molecule has 0 saturated heterocycles. The summed E-state index contributed by atoms with van der Waals surface area (Å²) >= 11 is 0. The van der Waals surface area contributed by atoms with Gasteiger partial charge in [0.05, 0.1) is 0 Å². The maximum Gasteiger partial charge on any atom is 0.0143 e. The summed E-state index contributed by atoms with van der Waals surface area (Å²) in [5.41, 5.74) is 1.16. The fourth-order valence-electron chi connectivity index (χ4n) is 1.27. The smallest absolute Gasteiger partial charge is 0.0143 e. The second-order valence-electron chi connectivity index (χ2n) is 4.78. The predicted molar refractivity (Wildman–Crippen MR) is 69.0 cm³/mol. The molecule has 0 saturated carbocycles. The molecule has 2 N–H and O–H groups in total. The number of hydrogen-bond acceptors (Lipinski definition) is 2. The zero-order chi connectivity index (χ0) is 11.7. The molecule has 0 amide bonds. The van der Waals surface area contributed by atoms with E-state index in [1.807, 2.05) is 0 Å². The lowest BCUT2D eigenvalue weighted by Gasteiger charge is -2.12. The van der Waals surface area contributed by atoms with Crippen LogP contribution in [0.5, 0.6) is 0 Å². The van der Waals surface area contributed by atoms with Crippen molar-refractivity contribution in [2.75, 3.05) is 13.1 Å². The van der Waals surface area contributed by atoms with Gasteiger partial charge in [0.25, 0.3) is 0 Å². The van der Waals surface area contributed by atoms with Gasteiger partial charge in [0.2, 0.25) is 0 Å². The number of allylic oxidation sites excluding steroid dienone is 1. The number of hydrogen-bond donors (Lipinski definition) is 2. The molecule has 0 aliphatic carbocycles. The average molecular weight is 212 g/mol. The van der Waals surface area contributed by atoms with E-state index in [9.17, 15) is 0 Å². The summed E-state index contributed by atoms with van der Waals surface area (Å²) < 4.78 is 0. The molecule has 0 aromatic heterocycles. The van der Waals surface area contributed by atoms with Gasteiger partial charge >= 0.3 is 0 Å². The van der Waals surface area contributed by atoms with Gasteiger partial charge in [0.1, 0.15) is 0 Å². The van der Waals surface area contributed by atoms with Crippen LogP contribution in [0.15, 0.2) is 12.3 Å². The van der Waals surface area contributed by atoms with Crippen LogP contribution in [-0.4, -0.2) is 19.1 Å². The van der Waals surface area contributed by atoms with Crippen LogP contribution in [0.2, 0.25) is 0 Å². The summed E-state index contributed by atoms with van der Waals surface area (Å²) in [7, 11) is 0. The van der Waals surface area contributed by atoms with E-state index in [4.69, 9.17) is 0 Å². The van der Waals surface area contributed by atoms with E-state index in [1.54, 1.807) is 0 Å². The summed E-state index contributed by atoms with van der Waals surface area (Å²) in [6.45, 7) is 14.9. The summed E-state index contributed by atoms with van der Waals surface area (Å²) in [6.07, 6.45) is 3.80.